The van der Waals surface area contributed by atoms with Gasteiger partial charge in [0.05, 0.1) is 16.5 Å². The molecule has 0 aliphatic rings. The standard InChI is InChI=1S/C17H15Cl2F3N6OS/c1-3-28-15(12-7-13(17(20,21)22)26-27(12)2)24-25-16(28)30-8-14(29)23-11-5-4-9(18)6-10(11)19/h4-7H,3,8H2,1-2H3,(H,23,29). The Morgan fingerprint density at radius 2 is 1.97 bits per heavy atom. The summed E-state index contributed by atoms with van der Waals surface area (Å²) < 4.78 is 41.5. The fourth-order valence-corrected chi connectivity index (χ4v) is 3.85. The summed E-state index contributed by atoms with van der Waals surface area (Å²) in [5.74, 6) is -0.112. The number of alkyl halides is 3. The van der Waals surface area contributed by atoms with Crippen LogP contribution in [0.25, 0.3) is 11.5 Å². The van der Waals surface area contributed by atoms with E-state index in [2.05, 4.69) is 20.6 Å². The van der Waals surface area contributed by atoms with Crippen LogP contribution in [0.1, 0.15) is 12.6 Å². The van der Waals surface area contributed by atoms with Gasteiger partial charge in [0.1, 0.15) is 5.69 Å². The quantitative estimate of drug-likeness (QED) is 0.517. The van der Waals surface area contributed by atoms with E-state index in [1.807, 2.05) is 0 Å². The lowest BCUT2D eigenvalue weighted by molar-refractivity contribution is -0.141. The van der Waals surface area contributed by atoms with Gasteiger partial charge in [-0.05, 0) is 31.2 Å². The smallest absolute Gasteiger partial charge is 0.324 e. The molecular weight excluding hydrogens is 464 g/mol. The normalized spacial score (nSPS) is 11.7. The molecule has 0 fully saturated rings. The van der Waals surface area contributed by atoms with Crippen LogP contribution in [0.3, 0.4) is 0 Å². The lowest BCUT2D eigenvalue weighted by Gasteiger charge is -2.09. The number of carbonyl (C=O) groups is 1. The summed E-state index contributed by atoms with van der Waals surface area (Å²) in [5.41, 5.74) is -0.432. The predicted octanol–water partition coefficient (Wildman–Crippen LogP) is 4.75. The maximum Gasteiger partial charge on any atom is 0.435 e. The number of hydrogen-bond acceptors (Lipinski definition) is 5. The minimum absolute atomic E-state index is 0.00369. The summed E-state index contributed by atoms with van der Waals surface area (Å²) in [7, 11) is 1.40. The van der Waals surface area contributed by atoms with Gasteiger partial charge in [0.15, 0.2) is 16.7 Å². The third-order valence-electron chi connectivity index (χ3n) is 3.97. The molecule has 0 unspecified atom stereocenters. The van der Waals surface area contributed by atoms with E-state index in [4.69, 9.17) is 23.2 Å². The van der Waals surface area contributed by atoms with Crippen LogP contribution >= 0.6 is 35.0 Å². The Morgan fingerprint density at radius 3 is 2.57 bits per heavy atom. The molecule has 0 spiro atoms. The average Bonchev–Trinajstić information content (AvgIpc) is 3.24. The molecule has 1 amide bonds. The van der Waals surface area contributed by atoms with Crippen molar-refractivity contribution in [3.05, 3.63) is 40.0 Å². The molecular formula is C17H15Cl2F3N6OS. The van der Waals surface area contributed by atoms with Crippen molar-refractivity contribution in [1.29, 1.82) is 0 Å². The predicted molar refractivity (Wildman–Crippen MR) is 109 cm³/mol. The molecule has 3 rings (SSSR count). The van der Waals surface area contributed by atoms with Crippen LogP contribution in [-0.4, -0.2) is 36.2 Å². The molecule has 3 aromatic rings. The van der Waals surface area contributed by atoms with Crippen molar-refractivity contribution in [1.82, 2.24) is 24.5 Å². The number of aryl methyl sites for hydroxylation is 1. The van der Waals surface area contributed by atoms with Crippen LogP contribution in [0, 0.1) is 0 Å². The number of amides is 1. The van der Waals surface area contributed by atoms with Crippen molar-refractivity contribution in [2.24, 2.45) is 7.05 Å². The summed E-state index contributed by atoms with van der Waals surface area (Å²) in [6.07, 6.45) is -4.56. The van der Waals surface area contributed by atoms with Gasteiger partial charge < -0.3 is 9.88 Å². The zero-order chi connectivity index (χ0) is 22.1. The third kappa shape index (κ3) is 4.90. The molecule has 2 aromatic heterocycles. The van der Waals surface area contributed by atoms with Crippen molar-refractivity contribution in [3.8, 4) is 11.5 Å². The molecule has 1 N–H and O–H groups in total. The Balaban J connectivity index is 1.75. The van der Waals surface area contributed by atoms with E-state index in [9.17, 15) is 18.0 Å². The van der Waals surface area contributed by atoms with Crippen LogP contribution in [0.2, 0.25) is 10.0 Å². The van der Waals surface area contributed by atoms with Gasteiger partial charge in [0.2, 0.25) is 5.91 Å². The average molecular weight is 479 g/mol. The Labute approximate surface area is 183 Å². The van der Waals surface area contributed by atoms with Crippen LogP contribution in [0.15, 0.2) is 29.4 Å². The largest absolute Gasteiger partial charge is 0.435 e. The molecule has 7 nitrogen and oxygen atoms in total. The fourth-order valence-electron chi connectivity index (χ4n) is 2.59. The van der Waals surface area contributed by atoms with E-state index >= 15 is 0 Å². The molecule has 0 saturated carbocycles. The first-order chi connectivity index (χ1) is 14.1. The summed E-state index contributed by atoms with van der Waals surface area (Å²) >= 11 is 13.0. The Hall–Kier alpha value is -2.24. The van der Waals surface area contributed by atoms with Crippen molar-refractivity contribution in [2.45, 2.75) is 24.8 Å². The maximum absolute atomic E-state index is 12.9. The molecule has 160 valence electrons. The van der Waals surface area contributed by atoms with Crippen LogP contribution in [-0.2, 0) is 24.6 Å². The van der Waals surface area contributed by atoms with Gasteiger partial charge in [-0.3, -0.25) is 9.48 Å². The van der Waals surface area contributed by atoms with Gasteiger partial charge in [-0.1, -0.05) is 35.0 Å². The second-order valence-corrected chi connectivity index (χ2v) is 7.83. The lowest BCUT2D eigenvalue weighted by Crippen LogP contribution is -2.15. The number of hydrogen-bond donors (Lipinski definition) is 1. The van der Waals surface area contributed by atoms with Gasteiger partial charge in [0.25, 0.3) is 0 Å². The molecule has 0 saturated heterocycles. The SMILES string of the molecule is CCn1c(SCC(=O)Nc2ccc(Cl)cc2Cl)nnc1-c1cc(C(F)(F)F)nn1C. The fraction of sp³-hybridized carbons (Fsp3) is 0.294. The molecule has 0 aliphatic heterocycles. The van der Waals surface area contributed by atoms with E-state index in [1.165, 1.54) is 13.1 Å². The lowest BCUT2D eigenvalue weighted by atomic mass is 10.3. The minimum atomic E-state index is -4.56. The first-order valence-corrected chi connectivity index (χ1v) is 10.3. The molecule has 0 atom stereocenters. The van der Waals surface area contributed by atoms with Gasteiger partial charge in [0, 0.05) is 18.6 Å². The number of aromatic nitrogens is 5. The van der Waals surface area contributed by atoms with Crippen molar-refractivity contribution in [2.75, 3.05) is 11.1 Å². The van der Waals surface area contributed by atoms with Gasteiger partial charge in [-0.25, -0.2) is 0 Å². The Morgan fingerprint density at radius 1 is 1.23 bits per heavy atom. The number of halogens is 5. The highest BCUT2D eigenvalue weighted by molar-refractivity contribution is 7.99. The van der Waals surface area contributed by atoms with Gasteiger partial charge in [-0.15, -0.1) is 10.2 Å². The first-order valence-electron chi connectivity index (χ1n) is 8.52. The van der Waals surface area contributed by atoms with Gasteiger partial charge in [-0.2, -0.15) is 18.3 Å². The molecule has 2 heterocycles. The zero-order valence-electron chi connectivity index (χ0n) is 15.7. The first kappa shape index (κ1) is 22.4. The van der Waals surface area contributed by atoms with Crippen molar-refractivity contribution in [3.63, 3.8) is 0 Å². The number of nitrogens with zero attached hydrogens (tertiary/aromatic N) is 5. The summed E-state index contributed by atoms with van der Waals surface area (Å²) in [6, 6.07) is 5.61. The summed E-state index contributed by atoms with van der Waals surface area (Å²) in [5, 5.41) is 15.3. The maximum atomic E-state index is 12.9. The molecule has 0 bridgehead atoms. The van der Waals surface area contributed by atoms with Crippen LogP contribution in [0.5, 0.6) is 0 Å². The van der Waals surface area contributed by atoms with Crippen LogP contribution in [0.4, 0.5) is 18.9 Å². The summed E-state index contributed by atoms with van der Waals surface area (Å²) in [6.45, 7) is 2.19. The molecule has 30 heavy (non-hydrogen) atoms. The Bertz CT molecular complexity index is 1080. The van der Waals surface area contributed by atoms with E-state index in [1.54, 1.807) is 23.6 Å². The number of benzene rings is 1. The number of rotatable bonds is 6. The number of thioether (sulfide) groups is 1. The molecule has 13 heteroatoms. The van der Waals surface area contributed by atoms with E-state index < -0.39 is 11.9 Å². The third-order valence-corrected chi connectivity index (χ3v) is 5.48. The second kappa shape index (κ2) is 8.86. The van der Waals surface area contributed by atoms with Crippen molar-refractivity contribution < 1.29 is 18.0 Å². The van der Waals surface area contributed by atoms with E-state index in [-0.39, 0.29) is 23.2 Å². The zero-order valence-corrected chi connectivity index (χ0v) is 18.0. The van der Waals surface area contributed by atoms with E-state index in [0.717, 1.165) is 22.5 Å². The molecule has 1 aromatic carbocycles. The summed E-state index contributed by atoms with van der Waals surface area (Å²) in [4.78, 5) is 12.2. The molecule has 0 aliphatic carbocycles. The topological polar surface area (TPSA) is 77.6 Å². The minimum Gasteiger partial charge on any atom is -0.324 e. The number of carbonyl (C=O) groups excluding carboxylic acids is 1. The van der Waals surface area contributed by atoms with Crippen LogP contribution < -0.4 is 5.32 Å². The number of nitrogens with one attached hydrogen (secondary N) is 1. The van der Waals surface area contributed by atoms with Crippen molar-refractivity contribution >= 4 is 46.6 Å². The highest BCUT2D eigenvalue weighted by atomic mass is 35.5. The highest BCUT2D eigenvalue weighted by Crippen LogP contribution is 2.32. The van der Waals surface area contributed by atoms with Gasteiger partial charge >= 0.3 is 6.18 Å². The van der Waals surface area contributed by atoms with E-state index in [0.29, 0.717) is 27.4 Å². The number of anilines is 1. The highest BCUT2D eigenvalue weighted by Gasteiger charge is 2.35. The Kier molecular flexibility index (Phi) is 6.63. The second-order valence-electron chi connectivity index (χ2n) is 6.05. The monoisotopic (exact) mass is 478 g/mol. The molecule has 0 radical (unpaired) electrons.